The number of rotatable bonds is 12. The van der Waals surface area contributed by atoms with E-state index in [4.69, 9.17) is 9.47 Å². The summed E-state index contributed by atoms with van der Waals surface area (Å²) in [5, 5.41) is 20.7. The Morgan fingerprint density at radius 3 is 1.22 bits per heavy atom. The Balaban J connectivity index is 1.13. The highest BCUT2D eigenvalue weighted by Gasteiger charge is 2.62. The molecule has 0 spiro atoms. The average molecular weight is 737 g/mol. The van der Waals surface area contributed by atoms with Crippen LogP contribution in [-0.2, 0) is 28.7 Å². The summed E-state index contributed by atoms with van der Waals surface area (Å²) in [6, 6.07) is 30.2. The monoisotopic (exact) mass is 736 g/mol. The zero-order valence-electron chi connectivity index (χ0n) is 28.7. The highest BCUT2D eigenvalue weighted by Crippen LogP contribution is 2.47. The largest absolute Gasteiger partial charge is 0.454 e. The Morgan fingerprint density at radius 2 is 0.891 bits per heavy atom. The molecule has 0 aliphatic carbocycles. The Hall–Kier alpha value is -7.58. The average Bonchev–Trinajstić information content (AvgIpc) is 3.69. The second kappa shape index (κ2) is 15.6. The fraction of sp³-hybridized carbons (Fsp3) is 0.171. The van der Waals surface area contributed by atoms with E-state index in [0.717, 1.165) is 9.80 Å². The van der Waals surface area contributed by atoms with Crippen molar-refractivity contribution >= 4 is 58.5 Å². The molecule has 0 radical (unpaired) electrons. The quantitative estimate of drug-likeness (QED) is 0.114. The van der Waals surface area contributed by atoms with Crippen molar-refractivity contribution in [3.63, 3.8) is 0 Å². The SMILES string of the molecule is N#CC(C#N)(C1CC(=O)N(c2ccc(C(=O)OCC(=O)c3ccccc3)cc2)C1=O)C1CC(=O)N(c2ccc(C(=O)OCC(=O)c3ccccc3)cc2)C1=O. The molecule has 0 aromatic heterocycles. The highest BCUT2D eigenvalue weighted by molar-refractivity contribution is 6.24. The van der Waals surface area contributed by atoms with Crippen molar-refractivity contribution in [3.05, 3.63) is 131 Å². The van der Waals surface area contributed by atoms with Crippen molar-refractivity contribution in [2.45, 2.75) is 12.8 Å². The lowest BCUT2D eigenvalue weighted by atomic mass is 9.67. The van der Waals surface area contributed by atoms with E-state index in [1.54, 1.807) is 72.8 Å². The lowest BCUT2D eigenvalue weighted by Gasteiger charge is -2.28. The van der Waals surface area contributed by atoms with Crippen molar-refractivity contribution in [1.29, 1.82) is 10.5 Å². The minimum atomic E-state index is -2.42. The van der Waals surface area contributed by atoms with Crippen molar-refractivity contribution in [3.8, 4) is 12.1 Å². The van der Waals surface area contributed by atoms with E-state index in [0.29, 0.717) is 11.1 Å². The van der Waals surface area contributed by atoms with Crippen LogP contribution in [0, 0.1) is 39.9 Å². The normalized spacial score (nSPS) is 16.7. The zero-order valence-corrected chi connectivity index (χ0v) is 28.7. The van der Waals surface area contributed by atoms with Crippen molar-refractivity contribution in [1.82, 2.24) is 0 Å². The Morgan fingerprint density at radius 1 is 0.545 bits per heavy atom. The third-order valence-electron chi connectivity index (χ3n) is 9.35. The fourth-order valence-electron chi connectivity index (χ4n) is 6.43. The number of Topliss-reactive ketones (excluding diaryl/α,β-unsaturated/α-hetero) is 2. The van der Waals surface area contributed by atoms with Gasteiger partial charge in [-0.2, -0.15) is 10.5 Å². The minimum absolute atomic E-state index is 0.0118. The van der Waals surface area contributed by atoms with Gasteiger partial charge in [-0.1, -0.05) is 60.7 Å². The summed E-state index contributed by atoms with van der Waals surface area (Å²) >= 11 is 0. The van der Waals surface area contributed by atoms with E-state index in [-0.39, 0.29) is 22.5 Å². The van der Waals surface area contributed by atoms with E-state index >= 15 is 0 Å². The van der Waals surface area contributed by atoms with Gasteiger partial charge in [-0.15, -0.1) is 0 Å². The summed E-state index contributed by atoms with van der Waals surface area (Å²) in [5.74, 6) is -9.22. The Labute approximate surface area is 313 Å². The predicted molar refractivity (Wildman–Crippen MR) is 190 cm³/mol. The molecule has 4 aromatic carbocycles. The molecule has 272 valence electrons. The molecule has 2 fully saturated rings. The first-order valence-corrected chi connectivity index (χ1v) is 16.8. The van der Waals surface area contributed by atoms with Crippen molar-refractivity contribution in [2.24, 2.45) is 17.3 Å². The van der Waals surface area contributed by atoms with E-state index in [2.05, 4.69) is 0 Å². The first-order valence-electron chi connectivity index (χ1n) is 16.8. The first-order chi connectivity index (χ1) is 26.5. The second-order valence-electron chi connectivity index (χ2n) is 12.6. The lowest BCUT2D eigenvalue weighted by Crippen LogP contribution is -2.44. The molecule has 0 N–H and O–H groups in total. The maximum atomic E-state index is 13.8. The maximum absolute atomic E-state index is 13.8. The van der Waals surface area contributed by atoms with E-state index in [1.807, 2.05) is 0 Å². The third kappa shape index (κ3) is 7.25. The summed E-state index contributed by atoms with van der Waals surface area (Å²) in [6.45, 7) is -1.03. The van der Waals surface area contributed by atoms with Gasteiger partial charge in [0.2, 0.25) is 23.6 Å². The van der Waals surface area contributed by atoms with Gasteiger partial charge in [0, 0.05) is 24.0 Å². The summed E-state index contributed by atoms with van der Waals surface area (Å²) in [5.41, 5.74) is -1.65. The zero-order chi connectivity index (χ0) is 39.3. The number of hydrogen-bond acceptors (Lipinski definition) is 12. The molecule has 2 aliphatic heterocycles. The molecule has 55 heavy (non-hydrogen) atoms. The molecule has 0 bridgehead atoms. The summed E-state index contributed by atoms with van der Waals surface area (Å²) in [4.78, 5) is 105. The fourth-order valence-corrected chi connectivity index (χ4v) is 6.43. The van der Waals surface area contributed by atoms with Gasteiger partial charge in [0.15, 0.2) is 30.2 Å². The van der Waals surface area contributed by atoms with Crippen LogP contribution in [0.3, 0.4) is 0 Å². The molecule has 2 atom stereocenters. The van der Waals surface area contributed by atoms with Gasteiger partial charge in [-0.05, 0) is 48.5 Å². The maximum Gasteiger partial charge on any atom is 0.338 e. The molecule has 6 rings (SSSR count). The second-order valence-corrected chi connectivity index (χ2v) is 12.6. The van der Waals surface area contributed by atoms with Crippen LogP contribution in [0.1, 0.15) is 54.3 Å². The van der Waals surface area contributed by atoms with Gasteiger partial charge in [0.1, 0.15) is 0 Å². The van der Waals surface area contributed by atoms with Gasteiger partial charge >= 0.3 is 11.9 Å². The van der Waals surface area contributed by atoms with Gasteiger partial charge in [-0.3, -0.25) is 38.6 Å². The molecular weight excluding hydrogens is 708 g/mol. The Kier molecular flexibility index (Phi) is 10.5. The lowest BCUT2D eigenvalue weighted by molar-refractivity contribution is -0.126. The van der Waals surface area contributed by atoms with Crippen LogP contribution >= 0.6 is 0 Å². The number of esters is 2. The number of carbonyl (C=O) groups excluding carboxylic acids is 8. The molecule has 0 saturated carbocycles. The van der Waals surface area contributed by atoms with Crippen LogP contribution < -0.4 is 9.80 Å². The number of anilines is 2. The van der Waals surface area contributed by atoms with E-state index in [1.165, 1.54) is 48.5 Å². The predicted octanol–water partition coefficient (Wildman–Crippen LogP) is 4.26. The number of nitriles is 2. The van der Waals surface area contributed by atoms with Gasteiger partial charge < -0.3 is 9.47 Å². The van der Waals surface area contributed by atoms with E-state index < -0.39 is 90.4 Å². The Bertz CT molecular complexity index is 2150. The number of imide groups is 2. The summed E-state index contributed by atoms with van der Waals surface area (Å²) in [7, 11) is 0. The molecule has 2 saturated heterocycles. The van der Waals surface area contributed by atoms with Gasteiger partial charge in [0.05, 0.1) is 46.5 Å². The van der Waals surface area contributed by atoms with E-state index in [9.17, 15) is 48.9 Å². The number of carbonyl (C=O) groups is 8. The number of nitrogens with zero attached hydrogens (tertiary/aromatic N) is 4. The third-order valence-corrected chi connectivity index (χ3v) is 9.35. The molecule has 2 heterocycles. The number of hydrogen-bond donors (Lipinski definition) is 0. The first kappa shape index (κ1) is 37.2. The highest BCUT2D eigenvalue weighted by atomic mass is 16.5. The molecule has 2 unspecified atom stereocenters. The molecular formula is C41H28N4O10. The molecule has 2 aliphatic rings. The van der Waals surface area contributed by atoms with Gasteiger partial charge in [-0.25, -0.2) is 9.59 Å². The van der Waals surface area contributed by atoms with Crippen LogP contribution in [0.2, 0.25) is 0 Å². The smallest absolute Gasteiger partial charge is 0.338 e. The summed E-state index contributed by atoms with van der Waals surface area (Å²) < 4.78 is 10.2. The van der Waals surface area contributed by atoms with Crippen LogP contribution in [-0.4, -0.2) is 60.3 Å². The molecule has 4 amide bonds. The number of ether oxygens (including phenoxy) is 2. The van der Waals surface area contributed by atoms with Crippen molar-refractivity contribution in [2.75, 3.05) is 23.0 Å². The topological polar surface area (TPSA) is 209 Å². The van der Waals surface area contributed by atoms with Crippen LogP contribution in [0.25, 0.3) is 0 Å². The standard InChI is InChI=1S/C41H28N4O10/c42-23-41(24-43,31-19-35(48)44(37(31)50)29-15-11-27(12-16-29)39(52)54-21-33(46)25-7-3-1-4-8-25)32-20-36(49)45(38(32)51)30-17-13-28(14-18-30)40(53)55-22-34(47)26-9-5-2-6-10-26/h1-18,31-32H,19-22H2. The number of ketones is 2. The van der Waals surface area contributed by atoms with Crippen LogP contribution in [0.15, 0.2) is 109 Å². The van der Waals surface area contributed by atoms with Gasteiger partial charge in [0.25, 0.3) is 0 Å². The summed E-state index contributed by atoms with van der Waals surface area (Å²) in [6.07, 6.45) is -1.24. The minimum Gasteiger partial charge on any atom is -0.454 e. The van der Waals surface area contributed by atoms with Crippen molar-refractivity contribution < 1.29 is 47.8 Å². The number of amides is 4. The molecule has 4 aromatic rings. The van der Waals surface area contributed by atoms with Crippen LogP contribution in [0.4, 0.5) is 11.4 Å². The molecule has 14 nitrogen and oxygen atoms in total. The number of benzene rings is 4. The van der Waals surface area contributed by atoms with Crippen LogP contribution in [0.5, 0.6) is 0 Å². The molecule has 14 heteroatoms.